The van der Waals surface area contributed by atoms with Gasteiger partial charge in [-0.25, -0.2) is 0 Å². The van der Waals surface area contributed by atoms with E-state index in [-0.39, 0.29) is 12.4 Å². The van der Waals surface area contributed by atoms with Crippen molar-refractivity contribution in [2.45, 2.75) is 80.5 Å². The van der Waals surface area contributed by atoms with E-state index >= 15 is 0 Å². The molecule has 2 saturated heterocycles. The summed E-state index contributed by atoms with van der Waals surface area (Å²) >= 11 is 0. The molecule has 1 unspecified atom stereocenters. The number of aliphatic hydroxyl groups excluding tert-OH is 5. The van der Waals surface area contributed by atoms with Crippen LogP contribution >= 0.6 is 0 Å². The number of esters is 1. The molecule has 15 nitrogen and oxygen atoms in total. The predicted molar refractivity (Wildman–Crippen MR) is 130 cm³/mol. The Kier molecular flexibility index (Phi) is 11.0. The highest BCUT2D eigenvalue weighted by Gasteiger charge is 2.53. The van der Waals surface area contributed by atoms with Gasteiger partial charge < -0.3 is 64.5 Å². The van der Waals surface area contributed by atoms with Gasteiger partial charge in [-0.05, 0) is 31.0 Å². The second-order valence-electron chi connectivity index (χ2n) is 10.2. The Labute approximate surface area is 229 Å². The van der Waals surface area contributed by atoms with Gasteiger partial charge in [-0.15, -0.1) is 0 Å². The van der Waals surface area contributed by atoms with E-state index in [0.29, 0.717) is 6.42 Å². The van der Waals surface area contributed by atoms with Gasteiger partial charge in [0, 0.05) is 0 Å². The van der Waals surface area contributed by atoms with E-state index in [1.54, 1.807) is 12.1 Å². The van der Waals surface area contributed by atoms with Gasteiger partial charge in [0.05, 0.1) is 44.9 Å². The van der Waals surface area contributed by atoms with Crippen LogP contribution in [0, 0.1) is 0 Å². The molecule has 0 amide bonds. The van der Waals surface area contributed by atoms with E-state index in [2.05, 4.69) is 0 Å². The number of carboxylic acid groups (broad SMARTS) is 1. The summed E-state index contributed by atoms with van der Waals surface area (Å²) in [6, 6.07) is 6.24. The maximum absolute atomic E-state index is 12.0. The van der Waals surface area contributed by atoms with Gasteiger partial charge in [-0.2, -0.15) is 0 Å². The molecule has 0 spiro atoms. The number of ether oxygens (including phenoxy) is 5. The second-order valence-corrected chi connectivity index (χ2v) is 10.2. The number of benzene rings is 1. The molecule has 0 radical (unpaired) electrons. The topological polar surface area (TPSA) is 242 Å². The Hall–Kier alpha value is -2.28. The third-order valence-electron chi connectivity index (χ3n) is 6.58. The normalized spacial score (nSPS) is 33.9. The summed E-state index contributed by atoms with van der Waals surface area (Å²) in [6.45, 7) is -0.673. The quantitative estimate of drug-likeness (QED) is 0.0863. The fourth-order valence-corrected chi connectivity index (χ4v) is 4.28. The molecule has 1 aromatic rings. The first-order chi connectivity index (χ1) is 18.8. The van der Waals surface area contributed by atoms with Crippen LogP contribution in [0.2, 0.25) is 0 Å². The van der Waals surface area contributed by atoms with Crippen LogP contribution in [0.15, 0.2) is 24.3 Å². The van der Waals surface area contributed by atoms with Crippen molar-refractivity contribution in [3.8, 4) is 5.75 Å². The minimum absolute atomic E-state index is 0.00264. The summed E-state index contributed by atoms with van der Waals surface area (Å²) in [7, 11) is 0. The highest BCUT2D eigenvalue weighted by atomic mass is 16.8. The monoisotopic (exact) mass is 576 g/mol. The van der Waals surface area contributed by atoms with Crippen molar-refractivity contribution in [2.75, 3.05) is 26.4 Å². The third kappa shape index (κ3) is 8.14. The summed E-state index contributed by atoms with van der Waals surface area (Å²) in [6.07, 6.45) is -11.1. The number of carbonyl (C=O) groups is 2. The Morgan fingerprint density at radius 3 is 2.33 bits per heavy atom. The first-order valence-corrected chi connectivity index (χ1v) is 12.5. The van der Waals surface area contributed by atoms with E-state index < -0.39 is 98.9 Å². The molecule has 0 aliphatic carbocycles. The molecule has 3 rings (SSSR count). The van der Waals surface area contributed by atoms with Crippen LogP contribution < -0.4 is 4.74 Å². The Bertz CT molecular complexity index is 985. The number of aliphatic carboxylic acids is 1. The standard InChI is InChI=1S/C25H36O15/c1-24(34,8-16(28)29)9-17(30)38-14-4-2-13(3-5-14)6-7-36-22-20(19(32)18(31)15(10-26)39-22)40-23-21(33)25(35,11-27)12-37-23/h2-5,15,18-23,26-27,31-35H,6-12H2,1H3,(H,28,29)/t15-,18-,19+,20-,21+,22-,23+,24?,25-/m1/s1. The molecule has 1 aromatic carbocycles. The smallest absolute Gasteiger partial charge is 0.314 e. The van der Waals surface area contributed by atoms with Gasteiger partial charge in [0.15, 0.2) is 12.6 Å². The molecular formula is C25H36O15. The number of hydrogen-bond acceptors (Lipinski definition) is 14. The zero-order chi connectivity index (χ0) is 29.7. The van der Waals surface area contributed by atoms with Gasteiger partial charge in [-0.3, -0.25) is 9.59 Å². The lowest BCUT2D eigenvalue weighted by molar-refractivity contribution is -0.335. The van der Waals surface area contributed by atoms with Gasteiger partial charge in [0.1, 0.15) is 41.9 Å². The van der Waals surface area contributed by atoms with Crippen LogP contribution in [0.4, 0.5) is 0 Å². The molecule has 2 fully saturated rings. The maximum Gasteiger partial charge on any atom is 0.314 e. The van der Waals surface area contributed by atoms with E-state index in [0.717, 1.165) is 5.56 Å². The van der Waals surface area contributed by atoms with E-state index in [9.17, 15) is 45.3 Å². The number of carbonyl (C=O) groups excluding carboxylic acids is 1. The molecular weight excluding hydrogens is 540 g/mol. The minimum atomic E-state index is -1.98. The molecule has 0 saturated carbocycles. The van der Waals surface area contributed by atoms with Crippen molar-refractivity contribution in [3.63, 3.8) is 0 Å². The lowest BCUT2D eigenvalue weighted by Crippen LogP contribution is -2.61. The Morgan fingerprint density at radius 2 is 1.75 bits per heavy atom. The van der Waals surface area contributed by atoms with Crippen LogP contribution in [0.25, 0.3) is 0 Å². The van der Waals surface area contributed by atoms with Crippen LogP contribution in [0.1, 0.15) is 25.3 Å². The molecule has 15 heteroatoms. The number of hydrogen-bond donors (Lipinski definition) is 8. The molecule has 0 bridgehead atoms. The first kappa shape index (κ1) is 32.2. The number of aliphatic hydroxyl groups is 7. The van der Waals surface area contributed by atoms with Crippen LogP contribution in [0.5, 0.6) is 5.75 Å². The van der Waals surface area contributed by atoms with Crippen molar-refractivity contribution in [2.24, 2.45) is 0 Å². The second kappa shape index (κ2) is 13.6. The van der Waals surface area contributed by atoms with Gasteiger partial charge in [0.2, 0.25) is 0 Å². The Morgan fingerprint density at radius 1 is 1.07 bits per heavy atom. The zero-order valence-electron chi connectivity index (χ0n) is 21.7. The van der Waals surface area contributed by atoms with E-state index in [1.165, 1.54) is 19.1 Å². The van der Waals surface area contributed by atoms with E-state index in [4.69, 9.17) is 28.8 Å². The fourth-order valence-electron chi connectivity index (χ4n) is 4.28. The largest absolute Gasteiger partial charge is 0.481 e. The van der Waals surface area contributed by atoms with Crippen molar-refractivity contribution < 1.29 is 74.1 Å². The highest BCUT2D eigenvalue weighted by Crippen LogP contribution is 2.31. The van der Waals surface area contributed by atoms with Gasteiger partial charge in [0.25, 0.3) is 0 Å². The van der Waals surface area contributed by atoms with Crippen molar-refractivity contribution >= 4 is 11.9 Å². The van der Waals surface area contributed by atoms with E-state index in [1.807, 2.05) is 0 Å². The SMILES string of the molecule is CC(O)(CC(=O)O)CC(=O)Oc1ccc(CCO[C@@H]2O[C@H](CO)[C@@H](O)[C@H](O)[C@H]2O[C@@H]2OC[C@](O)(CO)[C@H]2O)cc1. The summed E-state index contributed by atoms with van der Waals surface area (Å²) in [5.41, 5.74) is -3.01. The predicted octanol–water partition coefficient (Wildman–Crippen LogP) is -2.97. The molecule has 8 N–H and O–H groups in total. The fraction of sp³-hybridized carbons (Fsp3) is 0.680. The number of carboxylic acids is 1. The molecule has 226 valence electrons. The van der Waals surface area contributed by atoms with Crippen molar-refractivity contribution in [3.05, 3.63) is 29.8 Å². The highest BCUT2D eigenvalue weighted by molar-refractivity contribution is 5.75. The van der Waals surface area contributed by atoms with Crippen LogP contribution in [-0.2, 0) is 35.0 Å². The number of rotatable bonds is 13. The van der Waals surface area contributed by atoms with Crippen molar-refractivity contribution in [1.82, 2.24) is 0 Å². The maximum atomic E-state index is 12.0. The minimum Gasteiger partial charge on any atom is -0.481 e. The average molecular weight is 577 g/mol. The summed E-state index contributed by atoms with van der Waals surface area (Å²) < 4.78 is 27.2. The molecule has 2 aliphatic rings. The lowest BCUT2D eigenvalue weighted by Gasteiger charge is -2.42. The molecule has 9 atom stereocenters. The first-order valence-electron chi connectivity index (χ1n) is 12.5. The summed E-state index contributed by atoms with van der Waals surface area (Å²) in [4.78, 5) is 22.8. The Balaban J connectivity index is 1.56. The zero-order valence-corrected chi connectivity index (χ0v) is 21.7. The summed E-state index contributed by atoms with van der Waals surface area (Å²) in [5.74, 6) is -1.89. The van der Waals surface area contributed by atoms with Gasteiger partial charge in [-0.1, -0.05) is 12.1 Å². The lowest BCUT2D eigenvalue weighted by atomic mass is 9.98. The van der Waals surface area contributed by atoms with Crippen LogP contribution in [0.3, 0.4) is 0 Å². The van der Waals surface area contributed by atoms with Crippen LogP contribution in [-0.4, -0.2) is 134 Å². The molecule has 40 heavy (non-hydrogen) atoms. The van der Waals surface area contributed by atoms with Gasteiger partial charge >= 0.3 is 11.9 Å². The third-order valence-corrected chi connectivity index (χ3v) is 6.58. The summed E-state index contributed by atoms with van der Waals surface area (Å²) in [5, 5.41) is 78.9. The molecule has 0 aromatic heterocycles. The molecule has 2 aliphatic heterocycles. The molecule has 2 heterocycles. The van der Waals surface area contributed by atoms with Crippen molar-refractivity contribution in [1.29, 1.82) is 0 Å². The average Bonchev–Trinajstić information content (AvgIpc) is 3.16.